The fraction of sp³-hybridized carbons (Fsp3) is 0.150. The average Bonchev–Trinajstić information content (AvgIpc) is 3.36. The summed E-state index contributed by atoms with van der Waals surface area (Å²) in [5, 5.41) is 11.4. The summed E-state index contributed by atoms with van der Waals surface area (Å²) in [6.45, 7) is 1.78. The number of hydrogen-bond acceptors (Lipinski definition) is 6. The van der Waals surface area contributed by atoms with Gasteiger partial charge in [-0.3, -0.25) is 4.79 Å². The second-order valence-electron chi connectivity index (χ2n) is 6.03. The van der Waals surface area contributed by atoms with Gasteiger partial charge in [0.1, 0.15) is 17.1 Å². The second kappa shape index (κ2) is 7.33. The summed E-state index contributed by atoms with van der Waals surface area (Å²) in [6, 6.07) is 16.5. The second-order valence-corrected chi connectivity index (χ2v) is 6.03. The van der Waals surface area contributed by atoms with Gasteiger partial charge in [0, 0.05) is 10.9 Å². The fourth-order valence-electron chi connectivity index (χ4n) is 2.71. The Kier molecular flexibility index (Phi) is 4.57. The molecule has 0 radical (unpaired) electrons. The Morgan fingerprint density at radius 2 is 2.00 bits per heavy atom. The molecule has 1 N–H and O–H groups in total. The van der Waals surface area contributed by atoms with Crippen LogP contribution in [0.15, 0.2) is 69.8 Å². The molecule has 136 valence electrons. The quantitative estimate of drug-likeness (QED) is 0.561. The number of benzene rings is 2. The van der Waals surface area contributed by atoms with Crippen molar-refractivity contribution in [1.29, 1.82) is 0 Å². The van der Waals surface area contributed by atoms with E-state index in [-0.39, 0.29) is 18.6 Å². The van der Waals surface area contributed by atoms with Gasteiger partial charge in [0.25, 0.3) is 5.91 Å². The molecule has 2 aromatic heterocycles. The molecule has 0 aliphatic rings. The monoisotopic (exact) mass is 363 g/mol. The van der Waals surface area contributed by atoms with E-state index in [2.05, 4.69) is 15.5 Å². The highest BCUT2D eigenvalue weighted by atomic mass is 16.5. The van der Waals surface area contributed by atoms with Crippen molar-refractivity contribution >= 4 is 16.9 Å². The molecule has 4 aromatic rings. The minimum absolute atomic E-state index is 0.0928. The number of aromatic nitrogens is 2. The van der Waals surface area contributed by atoms with Crippen molar-refractivity contribution in [3.05, 3.63) is 66.8 Å². The van der Waals surface area contributed by atoms with Gasteiger partial charge in [0.2, 0.25) is 12.3 Å². The number of carbonyl (C=O) groups excluding carboxylic acids is 1. The Morgan fingerprint density at radius 1 is 1.19 bits per heavy atom. The normalized spacial score (nSPS) is 12.0. The van der Waals surface area contributed by atoms with Crippen LogP contribution in [0.1, 0.15) is 18.7 Å². The van der Waals surface area contributed by atoms with Crippen molar-refractivity contribution in [2.45, 2.75) is 13.0 Å². The first-order valence-corrected chi connectivity index (χ1v) is 8.46. The topological polar surface area (TPSA) is 90.4 Å². The SMILES string of the molecule is CC(NC(=O)COc1ccc(-c2nnco2)cc1)c1cc2ccccc2o1. The van der Waals surface area contributed by atoms with E-state index in [1.807, 2.05) is 37.3 Å². The van der Waals surface area contributed by atoms with E-state index in [4.69, 9.17) is 13.6 Å². The Bertz CT molecular complexity index is 1010. The van der Waals surface area contributed by atoms with Crippen molar-refractivity contribution in [3.8, 4) is 17.2 Å². The molecular formula is C20H17N3O4. The van der Waals surface area contributed by atoms with E-state index in [9.17, 15) is 4.79 Å². The van der Waals surface area contributed by atoms with E-state index in [1.54, 1.807) is 24.3 Å². The summed E-state index contributed by atoms with van der Waals surface area (Å²) in [5.74, 6) is 1.47. The first kappa shape index (κ1) is 16.8. The standard InChI is InChI=1S/C20H17N3O4/c1-13(18-10-15-4-2-3-5-17(15)27-18)22-19(24)11-25-16-8-6-14(7-9-16)20-23-21-12-26-20/h2-10,12-13H,11H2,1H3,(H,22,24). The number of amides is 1. The molecule has 1 atom stereocenters. The predicted molar refractivity (Wildman–Crippen MR) is 98.0 cm³/mol. The van der Waals surface area contributed by atoms with Crippen molar-refractivity contribution in [2.75, 3.05) is 6.61 Å². The number of para-hydroxylation sites is 1. The van der Waals surface area contributed by atoms with Crippen molar-refractivity contribution < 1.29 is 18.4 Å². The van der Waals surface area contributed by atoms with E-state index in [0.717, 1.165) is 16.5 Å². The number of furan rings is 1. The molecule has 0 spiro atoms. The maximum atomic E-state index is 12.2. The number of hydrogen-bond donors (Lipinski definition) is 1. The van der Waals surface area contributed by atoms with Gasteiger partial charge in [-0.15, -0.1) is 10.2 Å². The molecule has 1 amide bonds. The Hall–Kier alpha value is -3.61. The first-order chi connectivity index (χ1) is 13.2. The summed E-state index contributed by atoms with van der Waals surface area (Å²) < 4.78 is 16.4. The van der Waals surface area contributed by atoms with Crippen LogP contribution in [0, 0.1) is 0 Å². The minimum atomic E-state index is -0.256. The number of carbonyl (C=O) groups is 1. The van der Waals surface area contributed by atoms with E-state index >= 15 is 0 Å². The van der Waals surface area contributed by atoms with Crippen LogP contribution in [0.25, 0.3) is 22.4 Å². The minimum Gasteiger partial charge on any atom is -0.484 e. The molecule has 7 heteroatoms. The van der Waals surface area contributed by atoms with Crippen LogP contribution < -0.4 is 10.1 Å². The van der Waals surface area contributed by atoms with Gasteiger partial charge in [-0.05, 0) is 43.3 Å². The van der Waals surface area contributed by atoms with E-state index < -0.39 is 0 Å². The van der Waals surface area contributed by atoms with Crippen LogP contribution in [0.4, 0.5) is 0 Å². The van der Waals surface area contributed by atoms with Crippen LogP contribution >= 0.6 is 0 Å². The van der Waals surface area contributed by atoms with Crippen LogP contribution in [0.5, 0.6) is 5.75 Å². The van der Waals surface area contributed by atoms with Crippen molar-refractivity contribution in [1.82, 2.24) is 15.5 Å². The molecule has 2 aromatic carbocycles. The molecule has 2 heterocycles. The zero-order valence-electron chi connectivity index (χ0n) is 14.6. The highest BCUT2D eigenvalue weighted by molar-refractivity contribution is 5.79. The van der Waals surface area contributed by atoms with Gasteiger partial charge in [-0.1, -0.05) is 18.2 Å². The lowest BCUT2D eigenvalue weighted by Crippen LogP contribution is -2.31. The number of nitrogens with one attached hydrogen (secondary N) is 1. The lowest BCUT2D eigenvalue weighted by molar-refractivity contribution is -0.123. The number of fused-ring (bicyclic) bond motifs is 1. The molecule has 4 rings (SSSR count). The maximum absolute atomic E-state index is 12.2. The third kappa shape index (κ3) is 3.82. The molecule has 0 fully saturated rings. The predicted octanol–water partition coefficient (Wildman–Crippen LogP) is 3.74. The highest BCUT2D eigenvalue weighted by Gasteiger charge is 2.14. The largest absolute Gasteiger partial charge is 0.484 e. The highest BCUT2D eigenvalue weighted by Crippen LogP contribution is 2.23. The van der Waals surface area contributed by atoms with Gasteiger partial charge in [-0.2, -0.15) is 0 Å². The van der Waals surface area contributed by atoms with Crippen LogP contribution in [-0.2, 0) is 4.79 Å². The molecule has 0 saturated heterocycles. The number of rotatable bonds is 6. The maximum Gasteiger partial charge on any atom is 0.258 e. The zero-order valence-corrected chi connectivity index (χ0v) is 14.6. The van der Waals surface area contributed by atoms with Crippen molar-refractivity contribution in [2.24, 2.45) is 0 Å². The van der Waals surface area contributed by atoms with Gasteiger partial charge < -0.3 is 18.9 Å². The average molecular weight is 363 g/mol. The lowest BCUT2D eigenvalue weighted by atomic mass is 10.2. The zero-order chi connectivity index (χ0) is 18.6. The van der Waals surface area contributed by atoms with Gasteiger partial charge in [0.15, 0.2) is 6.61 Å². The smallest absolute Gasteiger partial charge is 0.258 e. The summed E-state index contributed by atoms with van der Waals surface area (Å²) in [7, 11) is 0. The number of ether oxygens (including phenoxy) is 1. The van der Waals surface area contributed by atoms with E-state index in [0.29, 0.717) is 17.4 Å². The molecule has 0 aliphatic carbocycles. The van der Waals surface area contributed by atoms with Crippen LogP contribution in [-0.4, -0.2) is 22.7 Å². The van der Waals surface area contributed by atoms with Crippen LogP contribution in [0.2, 0.25) is 0 Å². The molecule has 0 bridgehead atoms. The molecule has 0 saturated carbocycles. The van der Waals surface area contributed by atoms with Crippen LogP contribution in [0.3, 0.4) is 0 Å². The molecule has 7 nitrogen and oxygen atoms in total. The Morgan fingerprint density at radius 3 is 2.74 bits per heavy atom. The molecule has 0 aliphatic heterocycles. The molecule has 1 unspecified atom stereocenters. The fourth-order valence-corrected chi connectivity index (χ4v) is 2.71. The summed E-state index contributed by atoms with van der Waals surface area (Å²) in [6.07, 6.45) is 1.27. The Labute approximate surface area is 155 Å². The van der Waals surface area contributed by atoms with Crippen molar-refractivity contribution in [3.63, 3.8) is 0 Å². The molecule has 27 heavy (non-hydrogen) atoms. The first-order valence-electron chi connectivity index (χ1n) is 8.46. The summed E-state index contributed by atoms with van der Waals surface area (Å²) in [5.41, 5.74) is 1.58. The van der Waals surface area contributed by atoms with Gasteiger partial charge in [-0.25, -0.2) is 0 Å². The number of nitrogens with zero attached hydrogens (tertiary/aromatic N) is 2. The summed E-state index contributed by atoms with van der Waals surface area (Å²) in [4.78, 5) is 12.2. The van der Waals surface area contributed by atoms with E-state index in [1.165, 1.54) is 6.39 Å². The Balaban J connectivity index is 1.32. The summed E-state index contributed by atoms with van der Waals surface area (Å²) >= 11 is 0. The molecular weight excluding hydrogens is 346 g/mol. The third-order valence-corrected chi connectivity index (χ3v) is 4.08. The lowest BCUT2D eigenvalue weighted by Gasteiger charge is -2.12. The van der Waals surface area contributed by atoms with Gasteiger partial charge >= 0.3 is 0 Å². The van der Waals surface area contributed by atoms with Gasteiger partial charge in [0.05, 0.1) is 6.04 Å². The third-order valence-electron chi connectivity index (χ3n) is 4.08.